The number of hydrogen-bond acceptors (Lipinski definition) is 3. The number of nitrogens with zero attached hydrogens (tertiary/aromatic N) is 1. The van der Waals surface area contributed by atoms with E-state index in [4.69, 9.17) is 0 Å². The molecule has 0 spiro atoms. The maximum absolute atomic E-state index is 12.1. The molecule has 1 N–H and O–H groups in total. The summed E-state index contributed by atoms with van der Waals surface area (Å²) in [5.41, 5.74) is 1.99. The minimum atomic E-state index is -3.42. The van der Waals surface area contributed by atoms with E-state index in [0.29, 0.717) is 12.8 Å². The van der Waals surface area contributed by atoms with Crippen LogP contribution in [-0.4, -0.2) is 32.7 Å². The third-order valence-corrected chi connectivity index (χ3v) is 5.85. The molecule has 2 rings (SSSR count). The van der Waals surface area contributed by atoms with E-state index in [0.717, 1.165) is 11.1 Å². The molecule has 6 heteroatoms. The van der Waals surface area contributed by atoms with Crippen molar-refractivity contribution in [2.75, 3.05) is 14.1 Å². The van der Waals surface area contributed by atoms with Crippen LogP contribution >= 0.6 is 0 Å². The van der Waals surface area contributed by atoms with Crippen molar-refractivity contribution in [2.45, 2.75) is 30.7 Å². The molecule has 25 heavy (non-hydrogen) atoms. The largest absolute Gasteiger partial charge is 0.350 e. The quantitative estimate of drug-likeness (QED) is 0.826. The molecule has 134 valence electrons. The smallest absolute Gasteiger partial charge is 0.242 e. The Hall–Kier alpha value is -2.18. The Bertz CT molecular complexity index is 800. The third kappa shape index (κ3) is 5.14. The predicted molar refractivity (Wildman–Crippen MR) is 98.6 cm³/mol. The second-order valence-electron chi connectivity index (χ2n) is 6.13. The number of benzene rings is 2. The highest BCUT2D eigenvalue weighted by Gasteiger charge is 2.16. The molecule has 0 aliphatic rings. The zero-order valence-corrected chi connectivity index (χ0v) is 15.6. The minimum Gasteiger partial charge on any atom is -0.350 e. The van der Waals surface area contributed by atoms with E-state index in [-0.39, 0.29) is 16.8 Å². The number of rotatable bonds is 7. The van der Waals surface area contributed by atoms with E-state index in [2.05, 4.69) is 5.32 Å². The van der Waals surface area contributed by atoms with Crippen LogP contribution in [0.1, 0.15) is 30.5 Å². The molecule has 0 fully saturated rings. The molecule has 0 unspecified atom stereocenters. The molecule has 1 amide bonds. The van der Waals surface area contributed by atoms with Gasteiger partial charge in [-0.1, -0.05) is 42.5 Å². The highest BCUT2D eigenvalue weighted by Crippen LogP contribution is 2.15. The topological polar surface area (TPSA) is 66.5 Å². The van der Waals surface area contributed by atoms with Gasteiger partial charge in [-0.25, -0.2) is 12.7 Å². The van der Waals surface area contributed by atoms with Gasteiger partial charge in [0, 0.05) is 20.5 Å². The molecular formula is C19H24N2O3S. The van der Waals surface area contributed by atoms with Crippen LogP contribution in [0.15, 0.2) is 59.5 Å². The van der Waals surface area contributed by atoms with Crippen molar-refractivity contribution in [3.05, 3.63) is 65.7 Å². The second-order valence-corrected chi connectivity index (χ2v) is 8.28. The number of nitrogens with one attached hydrogen (secondary N) is 1. The summed E-state index contributed by atoms with van der Waals surface area (Å²) in [7, 11) is -0.414. The Balaban J connectivity index is 1.90. The van der Waals surface area contributed by atoms with E-state index in [1.54, 1.807) is 24.3 Å². The lowest BCUT2D eigenvalue weighted by molar-refractivity contribution is -0.121. The third-order valence-electron chi connectivity index (χ3n) is 4.02. The number of carbonyl (C=O) groups is 1. The molecule has 0 aliphatic heterocycles. The fourth-order valence-corrected chi connectivity index (χ4v) is 3.34. The van der Waals surface area contributed by atoms with E-state index in [9.17, 15) is 13.2 Å². The van der Waals surface area contributed by atoms with E-state index < -0.39 is 10.0 Å². The molecule has 1 atom stereocenters. The first-order valence-electron chi connectivity index (χ1n) is 8.16. The average molecular weight is 360 g/mol. The maximum Gasteiger partial charge on any atom is 0.242 e. The lowest BCUT2D eigenvalue weighted by atomic mass is 10.1. The molecule has 2 aromatic carbocycles. The number of sulfonamides is 1. The summed E-state index contributed by atoms with van der Waals surface area (Å²) < 4.78 is 25.2. The molecule has 0 aliphatic carbocycles. The Labute approximate surface area is 149 Å². The molecule has 0 heterocycles. The van der Waals surface area contributed by atoms with Crippen molar-refractivity contribution < 1.29 is 13.2 Å². The highest BCUT2D eigenvalue weighted by atomic mass is 32.2. The Morgan fingerprint density at radius 1 is 1.04 bits per heavy atom. The van der Waals surface area contributed by atoms with Gasteiger partial charge >= 0.3 is 0 Å². The van der Waals surface area contributed by atoms with Gasteiger partial charge in [-0.2, -0.15) is 0 Å². The van der Waals surface area contributed by atoms with Crippen LogP contribution in [0.2, 0.25) is 0 Å². The van der Waals surface area contributed by atoms with Gasteiger partial charge in [0.2, 0.25) is 15.9 Å². The van der Waals surface area contributed by atoms with Crippen molar-refractivity contribution in [3.63, 3.8) is 0 Å². The number of aryl methyl sites for hydroxylation is 1. The zero-order valence-electron chi connectivity index (χ0n) is 14.8. The summed E-state index contributed by atoms with van der Waals surface area (Å²) in [6.45, 7) is 1.95. The van der Waals surface area contributed by atoms with Crippen molar-refractivity contribution >= 4 is 15.9 Å². The fourth-order valence-electron chi connectivity index (χ4n) is 2.44. The van der Waals surface area contributed by atoms with Gasteiger partial charge in [-0.15, -0.1) is 0 Å². The van der Waals surface area contributed by atoms with Gasteiger partial charge in [-0.3, -0.25) is 4.79 Å². The summed E-state index contributed by atoms with van der Waals surface area (Å²) in [4.78, 5) is 12.4. The normalized spacial score (nSPS) is 12.8. The summed E-state index contributed by atoms with van der Waals surface area (Å²) >= 11 is 0. The SMILES string of the molecule is C[C@@H](NC(=O)CCc1ccc(S(=O)(=O)N(C)C)cc1)c1ccccc1. The molecule has 0 saturated heterocycles. The second kappa shape index (κ2) is 8.27. The van der Waals surface area contributed by atoms with E-state index in [1.165, 1.54) is 18.4 Å². The lowest BCUT2D eigenvalue weighted by Crippen LogP contribution is -2.26. The molecular weight excluding hydrogens is 336 g/mol. The van der Waals surface area contributed by atoms with Crippen LogP contribution < -0.4 is 5.32 Å². The Morgan fingerprint density at radius 3 is 2.20 bits per heavy atom. The van der Waals surface area contributed by atoms with Crippen LogP contribution in [-0.2, 0) is 21.2 Å². The van der Waals surface area contributed by atoms with Gasteiger partial charge in [0.25, 0.3) is 0 Å². The monoisotopic (exact) mass is 360 g/mol. The Morgan fingerprint density at radius 2 is 1.64 bits per heavy atom. The zero-order chi connectivity index (χ0) is 18.4. The average Bonchev–Trinajstić information content (AvgIpc) is 2.61. The van der Waals surface area contributed by atoms with Crippen LogP contribution in [0.3, 0.4) is 0 Å². The predicted octanol–water partition coefficient (Wildman–Crippen LogP) is 2.75. The summed E-state index contributed by atoms with van der Waals surface area (Å²) in [6, 6.07) is 16.4. The molecule has 0 radical (unpaired) electrons. The molecule has 2 aromatic rings. The lowest BCUT2D eigenvalue weighted by Gasteiger charge is -2.14. The van der Waals surface area contributed by atoms with Crippen molar-refractivity contribution in [2.24, 2.45) is 0 Å². The first-order chi connectivity index (χ1) is 11.8. The Kier molecular flexibility index (Phi) is 6.33. The van der Waals surface area contributed by atoms with Crippen LogP contribution in [0.5, 0.6) is 0 Å². The van der Waals surface area contributed by atoms with Crippen molar-refractivity contribution in [1.82, 2.24) is 9.62 Å². The van der Waals surface area contributed by atoms with Gasteiger partial charge in [0.1, 0.15) is 0 Å². The number of hydrogen-bond donors (Lipinski definition) is 1. The molecule has 5 nitrogen and oxygen atoms in total. The van der Waals surface area contributed by atoms with Crippen molar-refractivity contribution in [1.29, 1.82) is 0 Å². The summed E-state index contributed by atoms with van der Waals surface area (Å²) in [5, 5.41) is 2.98. The van der Waals surface area contributed by atoms with E-state index in [1.807, 2.05) is 37.3 Å². The first kappa shape index (κ1) is 19.1. The van der Waals surface area contributed by atoms with E-state index >= 15 is 0 Å². The van der Waals surface area contributed by atoms with Crippen LogP contribution in [0.4, 0.5) is 0 Å². The first-order valence-corrected chi connectivity index (χ1v) is 9.60. The maximum atomic E-state index is 12.1. The summed E-state index contributed by atoms with van der Waals surface area (Å²) in [6.07, 6.45) is 0.923. The van der Waals surface area contributed by atoms with Gasteiger partial charge in [0.15, 0.2) is 0 Å². The molecule has 0 bridgehead atoms. The number of amides is 1. The van der Waals surface area contributed by atoms with Gasteiger partial charge < -0.3 is 5.32 Å². The van der Waals surface area contributed by atoms with Gasteiger partial charge in [0.05, 0.1) is 10.9 Å². The van der Waals surface area contributed by atoms with Gasteiger partial charge in [-0.05, 0) is 36.6 Å². The van der Waals surface area contributed by atoms with Crippen LogP contribution in [0.25, 0.3) is 0 Å². The number of carbonyl (C=O) groups excluding carboxylic acids is 1. The fraction of sp³-hybridized carbons (Fsp3) is 0.316. The van der Waals surface area contributed by atoms with Crippen molar-refractivity contribution in [3.8, 4) is 0 Å². The summed E-state index contributed by atoms with van der Waals surface area (Å²) in [5.74, 6) is -0.0265. The highest BCUT2D eigenvalue weighted by molar-refractivity contribution is 7.89. The van der Waals surface area contributed by atoms with Crippen LogP contribution in [0, 0.1) is 0 Å². The minimum absolute atomic E-state index is 0.0265. The molecule has 0 aromatic heterocycles. The molecule has 0 saturated carbocycles. The standard InChI is InChI=1S/C19H24N2O3S/c1-15(17-7-5-4-6-8-17)20-19(22)14-11-16-9-12-18(13-10-16)25(23,24)21(2)3/h4-10,12-13,15H,11,14H2,1-3H3,(H,20,22)/t15-/m1/s1.